The Morgan fingerprint density at radius 2 is 2.13 bits per heavy atom. The van der Waals surface area contributed by atoms with Gasteiger partial charge in [-0.05, 0) is 24.6 Å². The third kappa shape index (κ3) is 3.76. The van der Waals surface area contributed by atoms with Crippen LogP contribution in [0.15, 0.2) is 18.2 Å². The van der Waals surface area contributed by atoms with Gasteiger partial charge in [0.1, 0.15) is 0 Å². The van der Waals surface area contributed by atoms with E-state index in [-0.39, 0.29) is 0 Å². The maximum absolute atomic E-state index is 10.4. The number of hydrogen-bond donors (Lipinski definition) is 4. The summed E-state index contributed by atoms with van der Waals surface area (Å²) in [6.07, 6.45) is 0. The van der Waals surface area contributed by atoms with E-state index in [4.69, 9.17) is 11.5 Å². The Hall–Kier alpha value is -1.91. The van der Waals surface area contributed by atoms with Crippen LogP contribution in [0.1, 0.15) is 5.56 Å². The lowest BCUT2D eigenvalue weighted by Gasteiger charge is -2.10. The van der Waals surface area contributed by atoms with Gasteiger partial charge in [-0.3, -0.25) is 0 Å². The van der Waals surface area contributed by atoms with Gasteiger partial charge >= 0.3 is 6.03 Å². The van der Waals surface area contributed by atoms with Crippen LogP contribution in [-0.4, -0.2) is 19.1 Å². The normalized spacial score (nSPS) is 9.67. The molecule has 1 aromatic carbocycles. The molecule has 0 aliphatic heterocycles. The zero-order valence-corrected chi connectivity index (χ0v) is 8.71. The molecule has 0 bridgehead atoms. The van der Waals surface area contributed by atoms with Crippen molar-refractivity contribution in [1.29, 1.82) is 0 Å². The van der Waals surface area contributed by atoms with Gasteiger partial charge in [0, 0.05) is 24.5 Å². The van der Waals surface area contributed by atoms with E-state index in [1.165, 1.54) is 0 Å². The summed E-state index contributed by atoms with van der Waals surface area (Å²) in [7, 11) is 0. The van der Waals surface area contributed by atoms with Gasteiger partial charge in [0.15, 0.2) is 0 Å². The lowest BCUT2D eigenvalue weighted by Crippen LogP contribution is -2.33. The zero-order chi connectivity index (χ0) is 11.3. The number of primary amides is 1. The molecule has 0 aliphatic carbocycles. The summed E-state index contributed by atoms with van der Waals surface area (Å²) >= 11 is 0. The predicted molar refractivity (Wildman–Crippen MR) is 61.7 cm³/mol. The number of hydrogen-bond acceptors (Lipinski definition) is 3. The first kappa shape index (κ1) is 11.2. The van der Waals surface area contributed by atoms with Gasteiger partial charge in [-0.2, -0.15) is 0 Å². The van der Waals surface area contributed by atoms with Crippen LogP contribution in [0.4, 0.5) is 16.2 Å². The molecule has 2 amide bonds. The van der Waals surface area contributed by atoms with Crippen LogP contribution in [0.5, 0.6) is 0 Å². The van der Waals surface area contributed by atoms with Crippen LogP contribution in [0.25, 0.3) is 0 Å². The molecule has 0 unspecified atom stereocenters. The van der Waals surface area contributed by atoms with E-state index in [0.29, 0.717) is 18.8 Å². The van der Waals surface area contributed by atoms with Crippen LogP contribution in [-0.2, 0) is 0 Å². The van der Waals surface area contributed by atoms with E-state index in [0.717, 1.165) is 11.3 Å². The van der Waals surface area contributed by atoms with E-state index >= 15 is 0 Å². The fraction of sp³-hybridized carbons (Fsp3) is 0.300. The van der Waals surface area contributed by atoms with Crippen molar-refractivity contribution in [3.05, 3.63) is 23.8 Å². The van der Waals surface area contributed by atoms with Gasteiger partial charge in [-0.15, -0.1) is 0 Å². The van der Waals surface area contributed by atoms with E-state index < -0.39 is 6.03 Å². The number of anilines is 2. The Labute approximate surface area is 88.8 Å². The minimum absolute atomic E-state index is 0.490. The number of benzene rings is 1. The van der Waals surface area contributed by atoms with Crippen LogP contribution in [0, 0.1) is 6.92 Å². The SMILES string of the molecule is Cc1ccc(N)cc1NCCNC(N)=O. The molecule has 0 fully saturated rings. The first-order valence-electron chi connectivity index (χ1n) is 4.73. The maximum Gasteiger partial charge on any atom is 0.312 e. The minimum Gasteiger partial charge on any atom is -0.399 e. The molecule has 0 aromatic heterocycles. The third-order valence-electron chi connectivity index (χ3n) is 2.00. The molecular formula is C10H16N4O. The monoisotopic (exact) mass is 208 g/mol. The standard InChI is InChI=1S/C10H16N4O/c1-7-2-3-8(11)6-9(7)13-4-5-14-10(12)15/h2-3,6,13H,4-5,11H2,1H3,(H3,12,14,15). The summed E-state index contributed by atoms with van der Waals surface area (Å²) in [6.45, 7) is 3.10. The molecule has 5 heteroatoms. The summed E-state index contributed by atoms with van der Waals surface area (Å²) < 4.78 is 0. The number of carbonyl (C=O) groups excluding carboxylic acids is 1. The van der Waals surface area contributed by atoms with E-state index in [1.54, 1.807) is 0 Å². The number of nitrogens with two attached hydrogens (primary N) is 2. The van der Waals surface area contributed by atoms with Crippen molar-refractivity contribution >= 4 is 17.4 Å². The molecular weight excluding hydrogens is 192 g/mol. The molecule has 5 nitrogen and oxygen atoms in total. The van der Waals surface area contributed by atoms with E-state index in [1.807, 2.05) is 25.1 Å². The van der Waals surface area contributed by atoms with Crippen LogP contribution < -0.4 is 22.1 Å². The average Bonchev–Trinajstić information content (AvgIpc) is 2.17. The third-order valence-corrected chi connectivity index (χ3v) is 2.00. The molecule has 0 saturated carbocycles. The second-order valence-electron chi connectivity index (χ2n) is 3.29. The molecule has 0 spiro atoms. The number of aryl methyl sites for hydroxylation is 1. The molecule has 1 aromatic rings. The topological polar surface area (TPSA) is 93.2 Å². The van der Waals surface area contributed by atoms with Crippen LogP contribution in [0.2, 0.25) is 0 Å². The summed E-state index contributed by atoms with van der Waals surface area (Å²) in [5.74, 6) is 0. The number of nitrogen functional groups attached to an aromatic ring is 1. The number of nitrogens with one attached hydrogen (secondary N) is 2. The smallest absolute Gasteiger partial charge is 0.312 e. The highest BCUT2D eigenvalue weighted by atomic mass is 16.2. The molecule has 1 rings (SSSR count). The van der Waals surface area contributed by atoms with Crippen molar-refractivity contribution in [3.63, 3.8) is 0 Å². The first-order valence-corrected chi connectivity index (χ1v) is 4.73. The highest BCUT2D eigenvalue weighted by Crippen LogP contribution is 2.17. The fourth-order valence-electron chi connectivity index (χ4n) is 1.21. The van der Waals surface area contributed by atoms with Gasteiger partial charge in [0.05, 0.1) is 0 Å². The molecule has 82 valence electrons. The first-order chi connectivity index (χ1) is 7.09. The number of rotatable bonds is 4. The molecule has 15 heavy (non-hydrogen) atoms. The molecule has 0 atom stereocenters. The summed E-state index contributed by atoms with van der Waals surface area (Å²) in [5, 5.41) is 5.65. The van der Waals surface area contributed by atoms with Crippen molar-refractivity contribution in [1.82, 2.24) is 5.32 Å². The Morgan fingerprint density at radius 1 is 1.40 bits per heavy atom. The fourth-order valence-corrected chi connectivity index (χ4v) is 1.21. The molecule has 0 saturated heterocycles. The molecule has 6 N–H and O–H groups in total. The van der Waals surface area contributed by atoms with Crippen molar-refractivity contribution in [2.24, 2.45) is 5.73 Å². The summed E-state index contributed by atoms with van der Waals surface area (Å²) in [5.41, 5.74) is 13.4. The Kier molecular flexibility index (Phi) is 3.79. The van der Waals surface area contributed by atoms with Gasteiger partial charge in [-0.1, -0.05) is 6.07 Å². The highest BCUT2D eigenvalue weighted by molar-refractivity contribution is 5.71. The Bertz CT molecular complexity index is 351. The van der Waals surface area contributed by atoms with E-state index in [9.17, 15) is 4.79 Å². The molecule has 0 radical (unpaired) electrons. The van der Waals surface area contributed by atoms with Gasteiger partial charge in [-0.25, -0.2) is 4.79 Å². The summed E-state index contributed by atoms with van der Waals surface area (Å²) in [4.78, 5) is 10.4. The Balaban J connectivity index is 2.43. The van der Waals surface area contributed by atoms with Gasteiger partial charge in [0.25, 0.3) is 0 Å². The number of carbonyl (C=O) groups is 1. The van der Waals surface area contributed by atoms with E-state index in [2.05, 4.69) is 10.6 Å². The number of urea groups is 1. The second-order valence-corrected chi connectivity index (χ2v) is 3.29. The van der Waals surface area contributed by atoms with Gasteiger partial charge < -0.3 is 22.1 Å². The van der Waals surface area contributed by atoms with Gasteiger partial charge in [0.2, 0.25) is 0 Å². The lowest BCUT2D eigenvalue weighted by molar-refractivity contribution is 0.249. The maximum atomic E-state index is 10.4. The largest absolute Gasteiger partial charge is 0.399 e. The quantitative estimate of drug-likeness (QED) is 0.432. The van der Waals surface area contributed by atoms with Crippen molar-refractivity contribution in [2.45, 2.75) is 6.92 Å². The average molecular weight is 208 g/mol. The lowest BCUT2D eigenvalue weighted by atomic mass is 10.2. The zero-order valence-electron chi connectivity index (χ0n) is 8.71. The molecule has 0 aliphatic rings. The minimum atomic E-state index is -0.513. The van der Waals surface area contributed by atoms with Crippen molar-refractivity contribution < 1.29 is 4.79 Å². The van der Waals surface area contributed by atoms with Crippen molar-refractivity contribution in [2.75, 3.05) is 24.1 Å². The number of amides is 2. The van der Waals surface area contributed by atoms with Crippen LogP contribution in [0.3, 0.4) is 0 Å². The second kappa shape index (κ2) is 5.09. The predicted octanol–water partition coefficient (Wildman–Crippen LogP) is 0.657. The Morgan fingerprint density at radius 3 is 2.80 bits per heavy atom. The summed E-state index contributed by atoms with van der Waals surface area (Å²) in [6, 6.07) is 5.14. The van der Waals surface area contributed by atoms with Crippen LogP contribution >= 0.6 is 0 Å². The molecule has 0 heterocycles. The highest BCUT2D eigenvalue weighted by Gasteiger charge is 1.98. The van der Waals surface area contributed by atoms with Crippen molar-refractivity contribution in [3.8, 4) is 0 Å².